The molecule has 4 rings (SSSR count). The van der Waals surface area contributed by atoms with Crippen molar-refractivity contribution < 1.29 is 9.90 Å². The largest absolute Gasteiger partial charge is 0.507 e. The third kappa shape index (κ3) is 2.83. The van der Waals surface area contributed by atoms with E-state index in [2.05, 4.69) is 9.98 Å². The van der Waals surface area contributed by atoms with E-state index in [4.69, 9.17) is 0 Å². The molecular weight excluding hydrogens is 334 g/mol. The zero-order chi connectivity index (χ0) is 17.2. The molecule has 0 fully saturated rings. The van der Waals surface area contributed by atoms with Crippen molar-refractivity contribution in [1.82, 2.24) is 4.98 Å². The molecule has 2 heterocycles. The van der Waals surface area contributed by atoms with Gasteiger partial charge in [0, 0.05) is 22.7 Å². The van der Waals surface area contributed by atoms with Crippen molar-refractivity contribution in [2.45, 2.75) is 0 Å². The number of carbonyl (C=O) groups is 1. The van der Waals surface area contributed by atoms with Gasteiger partial charge in [0.2, 0.25) is 0 Å². The maximum atomic E-state index is 12.9. The van der Waals surface area contributed by atoms with Gasteiger partial charge in [-0.15, -0.1) is 11.3 Å². The summed E-state index contributed by atoms with van der Waals surface area (Å²) in [5.74, 6) is 0.367. The Bertz CT molecular complexity index is 979. The quantitative estimate of drug-likeness (QED) is 0.735. The Morgan fingerprint density at radius 3 is 2.52 bits per heavy atom. The molecule has 1 aliphatic rings. The van der Waals surface area contributed by atoms with Gasteiger partial charge in [-0.05, 0) is 12.1 Å². The second-order valence-electron chi connectivity index (χ2n) is 5.35. The number of nitrogens with zero attached hydrogens (tertiary/aromatic N) is 3. The molecule has 2 aromatic carbocycles. The van der Waals surface area contributed by atoms with Gasteiger partial charge in [0.05, 0.1) is 0 Å². The first-order chi connectivity index (χ1) is 12.2. The second-order valence-corrected chi connectivity index (χ2v) is 6.22. The van der Waals surface area contributed by atoms with Crippen LogP contribution < -0.4 is 4.90 Å². The minimum absolute atomic E-state index is 0.104. The highest BCUT2D eigenvalue weighted by molar-refractivity contribution is 7.14. The monoisotopic (exact) mass is 347 g/mol. The average molecular weight is 347 g/mol. The number of aromatic hydroxyl groups is 1. The maximum absolute atomic E-state index is 12.9. The van der Waals surface area contributed by atoms with E-state index >= 15 is 0 Å². The Kier molecular flexibility index (Phi) is 3.87. The highest BCUT2D eigenvalue weighted by atomic mass is 32.1. The van der Waals surface area contributed by atoms with Crippen LogP contribution in [0.3, 0.4) is 0 Å². The third-order valence-corrected chi connectivity index (χ3v) is 4.49. The van der Waals surface area contributed by atoms with Crippen molar-refractivity contribution in [3.05, 3.63) is 83.0 Å². The molecule has 0 unspecified atom stereocenters. The molecule has 0 radical (unpaired) electrons. The van der Waals surface area contributed by atoms with Crippen LogP contribution >= 0.6 is 11.3 Å². The van der Waals surface area contributed by atoms with Gasteiger partial charge >= 0.3 is 0 Å². The predicted molar refractivity (Wildman–Crippen MR) is 98.7 cm³/mol. The summed E-state index contributed by atoms with van der Waals surface area (Å²) in [4.78, 5) is 23.2. The van der Waals surface area contributed by atoms with Crippen LogP contribution in [0.5, 0.6) is 5.75 Å². The van der Waals surface area contributed by atoms with Crippen LogP contribution in [-0.4, -0.2) is 21.8 Å². The fraction of sp³-hybridized carbons (Fsp3) is 0. The number of rotatable bonds is 3. The van der Waals surface area contributed by atoms with Crippen LogP contribution in [0.2, 0.25) is 0 Å². The van der Waals surface area contributed by atoms with E-state index in [1.165, 1.54) is 16.2 Å². The van der Waals surface area contributed by atoms with Gasteiger partial charge in [-0.2, -0.15) is 0 Å². The molecule has 0 saturated heterocycles. The summed E-state index contributed by atoms with van der Waals surface area (Å²) in [6.07, 6.45) is 3.24. The van der Waals surface area contributed by atoms with Crippen molar-refractivity contribution in [3.8, 4) is 5.75 Å². The molecule has 122 valence electrons. The minimum atomic E-state index is -0.267. The number of aliphatic imine (C=N–C) groups is 1. The number of para-hydroxylation sites is 1. The van der Waals surface area contributed by atoms with Crippen molar-refractivity contribution in [3.63, 3.8) is 0 Å². The molecule has 0 bridgehead atoms. The highest BCUT2D eigenvalue weighted by Gasteiger charge is 2.34. The zero-order valence-corrected chi connectivity index (χ0v) is 13.9. The Morgan fingerprint density at radius 2 is 1.80 bits per heavy atom. The molecular formula is C19H13N3O2S. The summed E-state index contributed by atoms with van der Waals surface area (Å²) in [6.45, 7) is 0. The van der Waals surface area contributed by atoms with E-state index in [-0.39, 0.29) is 17.4 Å². The minimum Gasteiger partial charge on any atom is -0.507 e. The molecule has 0 saturated carbocycles. The zero-order valence-electron chi connectivity index (χ0n) is 13.0. The van der Waals surface area contributed by atoms with Gasteiger partial charge < -0.3 is 5.11 Å². The molecule has 6 heteroatoms. The number of thiazole rings is 1. The van der Waals surface area contributed by atoms with Crippen LogP contribution in [0.4, 0.5) is 5.13 Å². The molecule has 3 aromatic rings. The Morgan fingerprint density at radius 1 is 1.04 bits per heavy atom. The van der Waals surface area contributed by atoms with Crippen molar-refractivity contribution in [2.24, 2.45) is 4.99 Å². The fourth-order valence-electron chi connectivity index (χ4n) is 2.56. The van der Waals surface area contributed by atoms with Crippen LogP contribution in [0.25, 0.3) is 6.08 Å². The van der Waals surface area contributed by atoms with Gasteiger partial charge in [0.25, 0.3) is 5.91 Å². The first kappa shape index (κ1) is 15.3. The number of hydrogen-bond donors (Lipinski definition) is 1. The molecule has 0 aliphatic carbocycles. The van der Waals surface area contributed by atoms with Crippen molar-refractivity contribution in [1.29, 1.82) is 0 Å². The number of aromatic nitrogens is 1. The Hall–Kier alpha value is -3.25. The maximum Gasteiger partial charge on any atom is 0.284 e. The topological polar surface area (TPSA) is 65.8 Å². The predicted octanol–water partition coefficient (Wildman–Crippen LogP) is 3.68. The number of phenolic OH excluding ortho intramolecular Hbond substituents is 1. The molecule has 0 spiro atoms. The van der Waals surface area contributed by atoms with E-state index in [1.54, 1.807) is 36.5 Å². The van der Waals surface area contributed by atoms with Crippen molar-refractivity contribution in [2.75, 3.05) is 4.90 Å². The second kappa shape index (κ2) is 6.33. The number of hydrogen-bond acceptors (Lipinski definition) is 5. The average Bonchev–Trinajstić information content (AvgIpc) is 3.26. The lowest BCUT2D eigenvalue weighted by Gasteiger charge is -2.14. The van der Waals surface area contributed by atoms with E-state index < -0.39 is 0 Å². The summed E-state index contributed by atoms with van der Waals surface area (Å²) in [6, 6.07) is 16.3. The lowest BCUT2D eigenvalue weighted by atomic mass is 10.1. The first-order valence-electron chi connectivity index (χ1n) is 7.62. The molecule has 1 N–H and O–H groups in total. The molecule has 5 nitrogen and oxygen atoms in total. The van der Waals surface area contributed by atoms with Gasteiger partial charge in [0.1, 0.15) is 17.3 Å². The van der Waals surface area contributed by atoms with Crippen LogP contribution in [-0.2, 0) is 4.79 Å². The van der Waals surface area contributed by atoms with Gasteiger partial charge in [-0.25, -0.2) is 14.9 Å². The molecule has 25 heavy (non-hydrogen) atoms. The summed E-state index contributed by atoms with van der Waals surface area (Å²) in [7, 11) is 0. The normalized spacial score (nSPS) is 15.7. The van der Waals surface area contributed by atoms with E-state index in [1.807, 2.05) is 35.7 Å². The van der Waals surface area contributed by atoms with Gasteiger partial charge in [-0.1, -0.05) is 48.5 Å². The lowest BCUT2D eigenvalue weighted by Crippen LogP contribution is -2.32. The molecule has 1 amide bonds. The highest BCUT2D eigenvalue weighted by Crippen LogP contribution is 2.30. The number of amides is 1. The third-order valence-electron chi connectivity index (χ3n) is 3.73. The summed E-state index contributed by atoms with van der Waals surface area (Å²) in [5, 5.41) is 12.3. The lowest BCUT2D eigenvalue weighted by molar-refractivity contribution is -0.113. The number of anilines is 1. The SMILES string of the molecule is O=C1C(=Cc2ccccc2O)N=C(c2ccccc2)N1c1nccs1. The molecule has 0 atom stereocenters. The number of carbonyl (C=O) groups excluding carboxylic acids is 1. The summed E-state index contributed by atoms with van der Waals surface area (Å²) >= 11 is 1.37. The van der Waals surface area contributed by atoms with Crippen LogP contribution in [0.1, 0.15) is 11.1 Å². The van der Waals surface area contributed by atoms with Crippen LogP contribution in [0, 0.1) is 0 Å². The molecule has 1 aromatic heterocycles. The smallest absolute Gasteiger partial charge is 0.284 e. The standard InChI is InChI=1S/C19H13N3O2S/c23-16-9-5-4-8-14(16)12-15-18(24)22(19-20-10-11-25-19)17(21-15)13-6-2-1-3-7-13/h1-12,23H. The van der Waals surface area contributed by atoms with E-state index in [0.29, 0.717) is 16.5 Å². The number of amidine groups is 1. The molecule has 1 aliphatic heterocycles. The summed E-state index contributed by atoms with van der Waals surface area (Å²) < 4.78 is 0. The van der Waals surface area contributed by atoms with Crippen LogP contribution in [0.15, 0.2) is 76.9 Å². The Balaban J connectivity index is 1.83. The fourth-order valence-corrected chi connectivity index (χ4v) is 3.20. The Labute approximate surface area is 148 Å². The van der Waals surface area contributed by atoms with Gasteiger partial charge in [-0.3, -0.25) is 4.79 Å². The van der Waals surface area contributed by atoms with Crippen molar-refractivity contribution >= 4 is 34.3 Å². The number of phenols is 1. The summed E-state index contributed by atoms with van der Waals surface area (Å²) in [5.41, 5.74) is 1.63. The van der Waals surface area contributed by atoms with Gasteiger partial charge in [0.15, 0.2) is 5.13 Å². The van der Waals surface area contributed by atoms with E-state index in [9.17, 15) is 9.90 Å². The number of benzene rings is 2. The first-order valence-corrected chi connectivity index (χ1v) is 8.50. The van der Waals surface area contributed by atoms with E-state index in [0.717, 1.165) is 5.56 Å².